The second-order valence-electron chi connectivity index (χ2n) is 7.23. The van der Waals surface area contributed by atoms with Crippen molar-refractivity contribution in [3.63, 3.8) is 0 Å². The first-order valence-corrected chi connectivity index (χ1v) is 9.66. The lowest BCUT2D eigenvalue weighted by Crippen LogP contribution is -2.50. The summed E-state index contributed by atoms with van der Waals surface area (Å²) in [5.74, 6) is 0.0210. The molecule has 1 aliphatic rings. The molecule has 144 valence electrons. The summed E-state index contributed by atoms with van der Waals surface area (Å²) < 4.78 is 5.55. The molecule has 3 rings (SSSR count). The minimum atomic E-state index is -0.515. The standard InChI is InChI=1S/C22H28N2O3/c1-2-19(16-25)24-21(26)22(9-12-27-13-10-22)14-17-6-3-4-8-20(17)18-7-5-11-23-15-18/h3-8,11,15,19,25H,2,9-10,12-14,16H2,1H3,(H,24,26)/t19-/m1/s1. The van der Waals surface area contributed by atoms with Crippen LogP contribution in [0.4, 0.5) is 0 Å². The van der Waals surface area contributed by atoms with Crippen LogP contribution in [0.25, 0.3) is 11.1 Å². The predicted molar refractivity (Wildman–Crippen MR) is 105 cm³/mol. The molecule has 0 bridgehead atoms. The Bertz CT molecular complexity index is 738. The van der Waals surface area contributed by atoms with Gasteiger partial charge in [-0.05, 0) is 42.9 Å². The van der Waals surface area contributed by atoms with Crippen molar-refractivity contribution in [2.45, 2.75) is 38.6 Å². The number of aliphatic hydroxyl groups excluding tert-OH is 1. The van der Waals surface area contributed by atoms with Crippen LogP contribution >= 0.6 is 0 Å². The van der Waals surface area contributed by atoms with Crippen molar-refractivity contribution in [2.75, 3.05) is 19.8 Å². The number of pyridine rings is 1. The Morgan fingerprint density at radius 1 is 1.26 bits per heavy atom. The smallest absolute Gasteiger partial charge is 0.227 e. The van der Waals surface area contributed by atoms with Crippen LogP contribution in [0.15, 0.2) is 48.8 Å². The number of aromatic nitrogens is 1. The van der Waals surface area contributed by atoms with Crippen molar-refractivity contribution in [3.05, 3.63) is 54.4 Å². The van der Waals surface area contributed by atoms with Gasteiger partial charge in [-0.15, -0.1) is 0 Å². The fourth-order valence-electron chi connectivity index (χ4n) is 3.70. The highest BCUT2D eigenvalue weighted by Gasteiger charge is 2.41. The van der Waals surface area contributed by atoms with E-state index >= 15 is 0 Å². The number of carbonyl (C=O) groups is 1. The van der Waals surface area contributed by atoms with Crippen molar-refractivity contribution in [1.82, 2.24) is 10.3 Å². The molecule has 1 fully saturated rings. The normalized spacial score (nSPS) is 17.3. The van der Waals surface area contributed by atoms with E-state index in [4.69, 9.17) is 4.74 Å². The number of benzene rings is 1. The zero-order valence-electron chi connectivity index (χ0n) is 15.9. The molecule has 2 heterocycles. The van der Waals surface area contributed by atoms with Crippen LogP contribution in [0, 0.1) is 5.41 Å². The number of nitrogens with zero attached hydrogens (tertiary/aromatic N) is 1. The van der Waals surface area contributed by atoms with Crippen molar-refractivity contribution in [1.29, 1.82) is 0 Å². The van der Waals surface area contributed by atoms with Gasteiger partial charge < -0.3 is 15.2 Å². The summed E-state index contributed by atoms with van der Waals surface area (Å²) in [5, 5.41) is 12.5. The minimum Gasteiger partial charge on any atom is -0.394 e. The van der Waals surface area contributed by atoms with Gasteiger partial charge in [-0.3, -0.25) is 9.78 Å². The third-order valence-corrected chi connectivity index (χ3v) is 5.50. The molecule has 2 aromatic rings. The summed E-state index contributed by atoms with van der Waals surface area (Å²) in [5.41, 5.74) is 2.79. The second kappa shape index (κ2) is 9.11. The fraction of sp³-hybridized carbons (Fsp3) is 0.455. The monoisotopic (exact) mass is 368 g/mol. The third kappa shape index (κ3) is 4.54. The highest BCUT2D eigenvalue weighted by atomic mass is 16.5. The number of carbonyl (C=O) groups excluding carboxylic acids is 1. The lowest BCUT2D eigenvalue weighted by atomic mass is 9.73. The van der Waals surface area contributed by atoms with Crippen LogP contribution < -0.4 is 5.32 Å². The van der Waals surface area contributed by atoms with Crippen LogP contribution in [0.5, 0.6) is 0 Å². The van der Waals surface area contributed by atoms with Gasteiger partial charge in [0.2, 0.25) is 5.91 Å². The van der Waals surface area contributed by atoms with Crippen LogP contribution in [0.2, 0.25) is 0 Å². The van der Waals surface area contributed by atoms with E-state index < -0.39 is 5.41 Å². The van der Waals surface area contributed by atoms with E-state index in [-0.39, 0.29) is 18.6 Å². The van der Waals surface area contributed by atoms with Crippen molar-refractivity contribution >= 4 is 5.91 Å². The highest BCUT2D eigenvalue weighted by molar-refractivity contribution is 5.84. The lowest BCUT2D eigenvalue weighted by molar-refractivity contribution is -0.137. The van der Waals surface area contributed by atoms with E-state index in [1.165, 1.54) is 0 Å². The SMILES string of the molecule is CC[C@H](CO)NC(=O)C1(Cc2ccccc2-c2cccnc2)CCOCC1. The molecule has 5 heteroatoms. The van der Waals surface area contributed by atoms with Crippen molar-refractivity contribution in [3.8, 4) is 11.1 Å². The van der Waals surface area contributed by atoms with Gasteiger partial charge >= 0.3 is 0 Å². The molecule has 1 aromatic heterocycles. The van der Waals surface area contributed by atoms with Crippen LogP contribution in [0.1, 0.15) is 31.7 Å². The summed E-state index contributed by atoms with van der Waals surface area (Å²) in [6, 6.07) is 12.0. The topological polar surface area (TPSA) is 71.5 Å². The van der Waals surface area contributed by atoms with E-state index in [1.54, 1.807) is 6.20 Å². The van der Waals surface area contributed by atoms with Gasteiger partial charge in [-0.2, -0.15) is 0 Å². The molecule has 1 atom stereocenters. The van der Waals surface area contributed by atoms with Crippen molar-refractivity contribution < 1.29 is 14.6 Å². The first kappa shape index (κ1) is 19.5. The van der Waals surface area contributed by atoms with E-state index in [2.05, 4.69) is 22.4 Å². The van der Waals surface area contributed by atoms with Crippen LogP contribution in [-0.2, 0) is 16.0 Å². The zero-order chi connectivity index (χ0) is 19.1. The quantitative estimate of drug-likeness (QED) is 0.788. The zero-order valence-corrected chi connectivity index (χ0v) is 15.9. The Kier molecular flexibility index (Phi) is 6.58. The van der Waals surface area contributed by atoms with Crippen LogP contribution in [0.3, 0.4) is 0 Å². The Balaban J connectivity index is 1.91. The van der Waals surface area contributed by atoms with Crippen molar-refractivity contribution in [2.24, 2.45) is 5.41 Å². The minimum absolute atomic E-state index is 0.0210. The third-order valence-electron chi connectivity index (χ3n) is 5.50. The summed E-state index contributed by atoms with van der Waals surface area (Å²) in [7, 11) is 0. The first-order valence-electron chi connectivity index (χ1n) is 9.66. The maximum Gasteiger partial charge on any atom is 0.227 e. The van der Waals surface area contributed by atoms with Gasteiger partial charge in [0.25, 0.3) is 0 Å². The number of rotatable bonds is 7. The molecule has 5 nitrogen and oxygen atoms in total. The molecule has 0 radical (unpaired) electrons. The number of ether oxygens (including phenoxy) is 1. The maximum absolute atomic E-state index is 13.2. The summed E-state index contributed by atoms with van der Waals surface area (Å²) in [4.78, 5) is 17.4. The number of aliphatic hydroxyl groups is 1. The summed E-state index contributed by atoms with van der Waals surface area (Å²) >= 11 is 0. The van der Waals surface area contributed by atoms with Gasteiger partial charge in [0, 0.05) is 31.2 Å². The molecule has 0 unspecified atom stereocenters. The number of hydrogen-bond acceptors (Lipinski definition) is 4. The molecule has 0 spiro atoms. The van der Waals surface area contributed by atoms with E-state index in [0.29, 0.717) is 38.9 Å². The molecule has 0 aliphatic carbocycles. The molecular weight excluding hydrogens is 340 g/mol. The number of amides is 1. The summed E-state index contributed by atoms with van der Waals surface area (Å²) in [6.45, 7) is 3.09. The average molecular weight is 368 g/mol. The average Bonchev–Trinajstić information content (AvgIpc) is 2.73. The van der Waals surface area contributed by atoms with Gasteiger partial charge in [0.05, 0.1) is 18.1 Å². The van der Waals surface area contributed by atoms with E-state index in [1.807, 2.05) is 37.4 Å². The summed E-state index contributed by atoms with van der Waals surface area (Å²) in [6.07, 6.45) is 6.34. The molecule has 27 heavy (non-hydrogen) atoms. The Morgan fingerprint density at radius 2 is 2.04 bits per heavy atom. The molecule has 1 aliphatic heterocycles. The first-order chi connectivity index (χ1) is 13.2. The molecule has 1 aromatic carbocycles. The highest BCUT2D eigenvalue weighted by Crippen LogP contribution is 2.37. The van der Waals surface area contributed by atoms with Gasteiger partial charge in [-0.25, -0.2) is 0 Å². The largest absolute Gasteiger partial charge is 0.394 e. The molecule has 0 saturated carbocycles. The molecule has 2 N–H and O–H groups in total. The van der Waals surface area contributed by atoms with Gasteiger partial charge in [0.1, 0.15) is 0 Å². The predicted octanol–water partition coefficient (Wildman–Crippen LogP) is 2.98. The van der Waals surface area contributed by atoms with E-state index in [9.17, 15) is 9.90 Å². The van der Waals surface area contributed by atoms with Gasteiger partial charge in [0.15, 0.2) is 0 Å². The Morgan fingerprint density at radius 3 is 2.70 bits per heavy atom. The van der Waals surface area contributed by atoms with Gasteiger partial charge in [-0.1, -0.05) is 37.3 Å². The number of hydrogen-bond donors (Lipinski definition) is 2. The Labute approximate surface area is 160 Å². The van der Waals surface area contributed by atoms with Crippen LogP contribution in [-0.4, -0.2) is 41.9 Å². The number of nitrogens with one attached hydrogen (secondary N) is 1. The lowest BCUT2D eigenvalue weighted by Gasteiger charge is -2.37. The molecule has 1 amide bonds. The van der Waals surface area contributed by atoms with E-state index in [0.717, 1.165) is 16.7 Å². The maximum atomic E-state index is 13.2. The molecule has 1 saturated heterocycles. The fourth-order valence-corrected chi connectivity index (χ4v) is 3.70. The Hall–Kier alpha value is -2.24. The molecular formula is C22H28N2O3. The second-order valence-corrected chi connectivity index (χ2v) is 7.23.